The highest BCUT2D eigenvalue weighted by Gasteiger charge is 2.24. The maximum absolute atomic E-state index is 3.55. The monoisotopic (exact) mass is 181 g/mol. The van der Waals surface area contributed by atoms with E-state index in [2.05, 4.69) is 5.32 Å². The van der Waals surface area contributed by atoms with Gasteiger partial charge in [-0.15, -0.1) is 0 Å². The van der Waals surface area contributed by atoms with Crippen LogP contribution in [0.2, 0.25) is 0 Å². The first-order valence-electron chi connectivity index (χ1n) is 6.17. The molecule has 0 bridgehead atoms. The third-order valence-electron chi connectivity index (χ3n) is 3.91. The lowest BCUT2D eigenvalue weighted by molar-refractivity contribution is 0.225. The van der Waals surface area contributed by atoms with Crippen molar-refractivity contribution in [3.05, 3.63) is 0 Å². The van der Waals surface area contributed by atoms with Gasteiger partial charge in [0.05, 0.1) is 0 Å². The summed E-state index contributed by atoms with van der Waals surface area (Å²) in [5.41, 5.74) is 0. The Morgan fingerprint density at radius 2 is 1.38 bits per heavy atom. The van der Waals surface area contributed by atoms with E-state index in [1.54, 1.807) is 0 Å². The molecule has 1 saturated heterocycles. The molecule has 76 valence electrons. The van der Waals surface area contributed by atoms with Crippen molar-refractivity contribution in [2.45, 2.75) is 51.4 Å². The van der Waals surface area contributed by atoms with Gasteiger partial charge >= 0.3 is 0 Å². The van der Waals surface area contributed by atoms with Crippen molar-refractivity contribution in [1.82, 2.24) is 5.32 Å². The summed E-state index contributed by atoms with van der Waals surface area (Å²) in [6.45, 7) is 2.59. The fraction of sp³-hybridized carbons (Fsp3) is 1.00. The molecule has 2 aliphatic rings. The first-order valence-corrected chi connectivity index (χ1v) is 6.17. The first-order chi connectivity index (χ1) is 6.47. The van der Waals surface area contributed by atoms with Crippen LogP contribution in [0.15, 0.2) is 0 Å². The molecule has 2 atom stereocenters. The molecule has 0 aromatic rings. The molecule has 1 heteroatoms. The average Bonchev–Trinajstić information content (AvgIpc) is 2.28. The van der Waals surface area contributed by atoms with Gasteiger partial charge in [0.15, 0.2) is 0 Å². The predicted molar refractivity (Wildman–Crippen MR) is 56.8 cm³/mol. The molecule has 0 amide bonds. The van der Waals surface area contributed by atoms with Crippen molar-refractivity contribution in [1.29, 1.82) is 0 Å². The molecule has 2 fully saturated rings. The zero-order valence-electron chi connectivity index (χ0n) is 8.73. The van der Waals surface area contributed by atoms with E-state index in [0.29, 0.717) is 0 Å². The largest absolute Gasteiger partial charge is 0.316 e. The van der Waals surface area contributed by atoms with Gasteiger partial charge in [-0.05, 0) is 37.8 Å². The van der Waals surface area contributed by atoms with Gasteiger partial charge in [0.1, 0.15) is 0 Å². The zero-order valence-corrected chi connectivity index (χ0v) is 8.73. The second-order valence-corrected chi connectivity index (χ2v) is 4.86. The first kappa shape index (κ1) is 9.51. The lowest BCUT2D eigenvalue weighted by Gasteiger charge is -2.31. The smallest absolute Gasteiger partial charge is 0.00179 e. The Labute approximate surface area is 82.3 Å². The fourth-order valence-electron chi connectivity index (χ4n) is 3.04. The Balaban J connectivity index is 1.88. The molecule has 0 aromatic carbocycles. The van der Waals surface area contributed by atoms with E-state index in [-0.39, 0.29) is 0 Å². The molecule has 13 heavy (non-hydrogen) atoms. The number of hydrogen-bond donors (Lipinski definition) is 1. The van der Waals surface area contributed by atoms with Crippen molar-refractivity contribution < 1.29 is 0 Å². The highest BCUT2D eigenvalue weighted by atomic mass is 14.9. The molecule has 1 nitrogen and oxygen atoms in total. The highest BCUT2D eigenvalue weighted by Crippen LogP contribution is 2.30. The summed E-state index contributed by atoms with van der Waals surface area (Å²) in [6.07, 6.45) is 11.9. The summed E-state index contributed by atoms with van der Waals surface area (Å²) in [4.78, 5) is 0. The van der Waals surface area contributed by atoms with Crippen LogP contribution in [-0.2, 0) is 0 Å². The van der Waals surface area contributed by atoms with Crippen LogP contribution < -0.4 is 5.32 Å². The zero-order chi connectivity index (χ0) is 8.93. The van der Waals surface area contributed by atoms with Crippen molar-refractivity contribution in [3.63, 3.8) is 0 Å². The van der Waals surface area contributed by atoms with Gasteiger partial charge < -0.3 is 5.32 Å². The average molecular weight is 181 g/mol. The highest BCUT2D eigenvalue weighted by molar-refractivity contribution is 4.78. The third kappa shape index (κ3) is 2.70. The molecule has 2 unspecified atom stereocenters. The van der Waals surface area contributed by atoms with Crippen molar-refractivity contribution >= 4 is 0 Å². The Morgan fingerprint density at radius 3 is 2.23 bits per heavy atom. The van der Waals surface area contributed by atoms with Gasteiger partial charge in [0, 0.05) is 0 Å². The summed E-state index contributed by atoms with van der Waals surface area (Å²) in [6, 6.07) is 0. The number of nitrogens with one attached hydrogen (secondary N) is 1. The number of hydrogen-bond acceptors (Lipinski definition) is 1. The Hall–Kier alpha value is -0.0400. The Kier molecular flexibility index (Phi) is 3.65. The van der Waals surface area contributed by atoms with Crippen molar-refractivity contribution in [2.24, 2.45) is 11.8 Å². The van der Waals surface area contributed by atoms with E-state index in [1.165, 1.54) is 64.5 Å². The minimum atomic E-state index is 1.02. The van der Waals surface area contributed by atoms with Crippen molar-refractivity contribution in [2.75, 3.05) is 13.1 Å². The molecule has 2 rings (SSSR count). The predicted octanol–water partition coefficient (Wildman–Crippen LogP) is 2.96. The molecular formula is C12H23N. The molecule has 1 saturated carbocycles. The molecule has 1 aliphatic heterocycles. The van der Waals surface area contributed by atoms with Gasteiger partial charge in [-0.2, -0.15) is 0 Å². The van der Waals surface area contributed by atoms with E-state index in [4.69, 9.17) is 0 Å². The van der Waals surface area contributed by atoms with Crippen LogP contribution in [-0.4, -0.2) is 13.1 Å². The summed E-state index contributed by atoms with van der Waals surface area (Å²) in [5, 5.41) is 3.55. The van der Waals surface area contributed by atoms with E-state index < -0.39 is 0 Å². The van der Waals surface area contributed by atoms with E-state index >= 15 is 0 Å². The molecule has 1 heterocycles. The normalized spacial score (nSPS) is 36.9. The van der Waals surface area contributed by atoms with Gasteiger partial charge in [-0.3, -0.25) is 0 Å². The topological polar surface area (TPSA) is 12.0 Å². The van der Waals surface area contributed by atoms with E-state index in [1.807, 2.05) is 0 Å². The van der Waals surface area contributed by atoms with Crippen LogP contribution >= 0.6 is 0 Å². The maximum atomic E-state index is 3.55. The lowest BCUT2D eigenvalue weighted by Crippen LogP contribution is -2.36. The summed E-state index contributed by atoms with van der Waals surface area (Å²) >= 11 is 0. The molecule has 0 aromatic heterocycles. The van der Waals surface area contributed by atoms with Crippen molar-refractivity contribution in [3.8, 4) is 0 Å². The lowest BCUT2D eigenvalue weighted by atomic mass is 9.81. The van der Waals surface area contributed by atoms with Crippen LogP contribution in [0.5, 0.6) is 0 Å². The van der Waals surface area contributed by atoms with Gasteiger partial charge in [-0.25, -0.2) is 0 Å². The minimum absolute atomic E-state index is 1.02. The minimum Gasteiger partial charge on any atom is -0.316 e. The standard InChI is InChI=1S/C12H23N/c1-2-4-6-11-8-9-13-10-12(11)7-5-3-1/h11-13H,1-10H2. The summed E-state index contributed by atoms with van der Waals surface area (Å²) < 4.78 is 0. The molecule has 1 aliphatic carbocycles. The fourth-order valence-corrected chi connectivity index (χ4v) is 3.04. The maximum Gasteiger partial charge on any atom is -0.00179 e. The van der Waals surface area contributed by atoms with Crippen LogP contribution in [0, 0.1) is 11.8 Å². The number of rotatable bonds is 0. The SMILES string of the molecule is C1CCCC2CCNCC2CCC1. The van der Waals surface area contributed by atoms with E-state index in [9.17, 15) is 0 Å². The third-order valence-corrected chi connectivity index (χ3v) is 3.91. The summed E-state index contributed by atoms with van der Waals surface area (Å²) in [5.74, 6) is 2.09. The number of piperidine rings is 1. The van der Waals surface area contributed by atoms with E-state index in [0.717, 1.165) is 11.8 Å². The van der Waals surface area contributed by atoms with Crippen LogP contribution in [0.4, 0.5) is 0 Å². The number of fused-ring (bicyclic) bond motifs is 1. The molecule has 1 N–H and O–H groups in total. The molecule has 0 radical (unpaired) electrons. The Morgan fingerprint density at radius 1 is 0.692 bits per heavy atom. The van der Waals surface area contributed by atoms with Crippen LogP contribution in [0.1, 0.15) is 51.4 Å². The molecular weight excluding hydrogens is 158 g/mol. The van der Waals surface area contributed by atoms with Gasteiger partial charge in [-0.1, -0.05) is 38.5 Å². The van der Waals surface area contributed by atoms with Gasteiger partial charge in [0.2, 0.25) is 0 Å². The molecule has 0 spiro atoms. The van der Waals surface area contributed by atoms with Crippen LogP contribution in [0.3, 0.4) is 0 Å². The van der Waals surface area contributed by atoms with Crippen LogP contribution in [0.25, 0.3) is 0 Å². The van der Waals surface area contributed by atoms with Gasteiger partial charge in [0.25, 0.3) is 0 Å². The summed E-state index contributed by atoms with van der Waals surface area (Å²) in [7, 11) is 0. The second kappa shape index (κ2) is 4.99. The quantitative estimate of drug-likeness (QED) is 0.606. The second-order valence-electron chi connectivity index (χ2n) is 4.86. The Bertz CT molecular complexity index is 128.